The molecule has 4 rings (SSSR count). The first kappa shape index (κ1) is 18.3. The topological polar surface area (TPSA) is 68.3 Å². The SMILES string of the molecule is Cc1c(CNC(=O)C2CC3CCCC(C2)C3N)oc2ccccc12.Cl. The van der Waals surface area contributed by atoms with Crippen LogP contribution in [0.2, 0.25) is 0 Å². The zero-order chi connectivity index (χ0) is 16.7. The smallest absolute Gasteiger partial charge is 0.223 e. The zero-order valence-electron chi connectivity index (χ0n) is 14.7. The molecule has 2 aliphatic rings. The number of para-hydroxylation sites is 1. The summed E-state index contributed by atoms with van der Waals surface area (Å²) in [5, 5.41) is 4.23. The fraction of sp³-hybridized carbons (Fsp3) is 0.550. The molecule has 2 bridgehead atoms. The lowest BCUT2D eigenvalue weighted by molar-refractivity contribution is -0.128. The average molecular weight is 363 g/mol. The van der Waals surface area contributed by atoms with Crippen molar-refractivity contribution in [1.29, 1.82) is 0 Å². The minimum absolute atomic E-state index is 0. The quantitative estimate of drug-likeness (QED) is 0.869. The largest absolute Gasteiger partial charge is 0.459 e. The highest BCUT2D eigenvalue weighted by molar-refractivity contribution is 5.85. The number of amides is 1. The number of fused-ring (bicyclic) bond motifs is 3. The first-order valence-electron chi connectivity index (χ1n) is 9.13. The van der Waals surface area contributed by atoms with Gasteiger partial charge in [-0.1, -0.05) is 24.6 Å². The van der Waals surface area contributed by atoms with Crippen LogP contribution in [0.4, 0.5) is 0 Å². The molecule has 1 heterocycles. The number of furan rings is 1. The Bertz CT molecular complexity index is 743. The van der Waals surface area contributed by atoms with Gasteiger partial charge in [-0.05, 0) is 50.5 Å². The maximum absolute atomic E-state index is 12.6. The second-order valence-corrected chi connectivity index (χ2v) is 7.56. The Hall–Kier alpha value is -1.52. The van der Waals surface area contributed by atoms with Crippen LogP contribution in [0.5, 0.6) is 0 Å². The van der Waals surface area contributed by atoms with Gasteiger partial charge in [-0.2, -0.15) is 0 Å². The van der Waals surface area contributed by atoms with Crippen molar-refractivity contribution >= 4 is 29.3 Å². The van der Waals surface area contributed by atoms with E-state index in [0.29, 0.717) is 24.4 Å². The third-order valence-corrected chi connectivity index (χ3v) is 6.15. The Kier molecular flexibility index (Phi) is 5.40. The van der Waals surface area contributed by atoms with E-state index in [1.807, 2.05) is 18.2 Å². The van der Waals surface area contributed by atoms with Crippen LogP contribution < -0.4 is 11.1 Å². The molecule has 136 valence electrons. The summed E-state index contributed by atoms with van der Waals surface area (Å²) in [4.78, 5) is 12.6. The van der Waals surface area contributed by atoms with Gasteiger partial charge in [-0.15, -0.1) is 12.4 Å². The summed E-state index contributed by atoms with van der Waals surface area (Å²) in [5.74, 6) is 2.20. The molecule has 2 saturated carbocycles. The third kappa shape index (κ3) is 3.42. The van der Waals surface area contributed by atoms with Gasteiger partial charge in [0.15, 0.2) is 0 Å². The van der Waals surface area contributed by atoms with E-state index >= 15 is 0 Å². The molecular formula is C20H27ClN2O2. The van der Waals surface area contributed by atoms with Gasteiger partial charge < -0.3 is 15.5 Å². The van der Waals surface area contributed by atoms with Crippen LogP contribution in [-0.2, 0) is 11.3 Å². The van der Waals surface area contributed by atoms with Gasteiger partial charge in [0.05, 0.1) is 6.54 Å². The predicted octanol–water partition coefficient (Wildman–Crippen LogP) is 3.93. The van der Waals surface area contributed by atoms with Crippen molar-refractivity contribution in [2.24, 2.45) is 23.5 Å². The molecular weight excluding hydrogens is 336 g/mol. The molecule has 1 aromatic heterocycles. The van der Waals surface area contributed by atoms with E-state index in [1.54, 1.807) is 0 Å². The highest BCUT2D eigenvalue weighted by atomic mass is 35.5. The van der Waals surface area contributed by atoms with E-state index in [4.69, 9.17) is 10.2 Å². The molecule has 2 aliphatic carbocycles. The van der Waals surface area contributed by atoms with E-state index in [-0.39, 0.29) is 24.2 Å². The van der Waals surface area contributed by atoms with E-state index in [2.05, 4.69) is 18.3 Å². The van der Waals surface area contributed by atoms with Crippen LogP contribution in [0.3, 0.4) is 0 Å². The molecule has 0 saturated heterocycles. The number of carbonyl (C=O) groups excluding carboxylic acids is 1. The Labute approximate surface area is 154 Å². The Morgan fingerprint density at radius 2 is 1.92 bits per heavy atom. The normalized spacial score (nSPS) is 28.4. The molecule has 2 aromatic rings. The number of hydrogen-bond acceptors (Lipinski definition) is 3. The van der Waals surface area contributed by atoms with Crippen molar-refractivity contribution in [3.05, 3.63) is 35.6 Å². The van der Waals surface area contributed by atoms with Crippen molar-refractivity contribution in [1.82, 2.24) is 5.32 Å². The summed E-state index contributed by atoms with van der Waals surface area (Å²) in [6.07, 6.45) is 5.54. The van der Waals surface area contributed by atoms with Gasteiger partial charge in [-0.25, -0.2) is 0 Å². The summed E-state index contributed by atoms with van der Waals surface area (Å²) < 4.78 is 5.89. The second kappa shape index (κ2) is 7.38. The molecule has 2 fully saturated rings. The third-order valence-electron chi connectivity index (χ3n) is 6.15. The molecule has 3 N–H and O–H groups in total. The van der Waals surface area contributed by atoms with Crippen molar-refractivity contribution in [3.63, 3.8) is 0 Å². The number of aryl methyl sites for hydroxylation is 1. The van der Waals surface area contributed by atoms with E-state index in [0.717, 1.165) is 35.1 Å². The Balaban J connectivity index is 0.00000182. The average Bonchev–Trinajstić information content (AvgIpc) is 2.89. The van der Waals surface area contributed by atoms with Crippen molar-refractivity contribution in [3.8, 4) is 0 Å². The molecule has 5 heteroatoms. The summed E-state index contributed by atoms with van der Waals surface area (Å²) >= 11 is 0. The number of rotatable bonds is 3. The lowest BCUT2D eigenvalue weighted by Crippen LogP contribution is -2.49. The van der Waals surface area contributed by atoms with Gasteiger partial charge in [0, 0.05) is 22.9 Å². The van der Waals surface area contributed by atoms with Crippen LogP contribution in [0.15, 0.2) is 28.7 Å². The number of nitrogens with two attached hydrogens (primary N) is 1. The molecule has 0 radical (unpaired) electrons. The molecule has 0 spiro atoms. The molecule has 0 aliphatic heterocycles. The Morgan fingerprint density at radius 1 is 1.24 bits per heavy atom. The standard InChI is InChI=1S/C20H26N2O2.ClH/c1-12-16-7-2-3-8-17(16)24-18(12)11-22-20(23)15-9-13-5-4-6-14(10-15)19(13)21;/h2-3,7-8,13-15,19H,4-6,9-11,21H2,1H3,(H,22,23);1H. The fourth-order valence-corrected chi connectivity index (χ4v) is 4.71. The molecule has 1 amide bonds. The first-order valence-corrected chi connectivity index (χ1v) is 9.13. The van der Waals surface area contributed by atoms with Gasteiger partial charge in [-0.3, -0.25) is 4.79 Å². The van der Waals surface area contributed by atoms with E-state index in [9.17, 15) is 4.79 Å². The second-order valence-electron chi connectivity index (χ2n) is 7.56. The number of halogens is 1. The molecule has 2 atom stereocenters. The van der Waals surface area contributed by atoms with Crippen LogP contribution in [-0.4, -0.2) is 11.9 Å². The van der Waals surface area contributed by atoms with Crippen molar-refractivity contribution in [2.45, 2.75) is 51.6 Å². The summed E-state index contributed by atoms with van der Waals surface area (Å²) in [5.41, 5.74) is 8.33. The van der Waals surface area contributed by atoms with E-state index < -0.39 is 0 Å². The Morgan fingerprint density at radius 3 is 2.60 bits per heavy atom. The maximum Gasteiger partial charge on any atom is 0.223 e. The highest BCUT2D eigenvalue weighted by Gasteiger charge is 2.40. The van der Waals surface area contributed by atoms with Gasteiger partial charge in [0.1, 0.15) is 11.3 Å². The molecule has 1 aromatic carbocycles. The van der Waals surface area contributed by atoms with Crippen LogP contribution in [0.1, 0.15) is 43.4 Å². The number of hydrogen-bond donors (Lipinski definition) is 2. The lowest BCUT2D eigenvalue weighted by Gasteiger charge is -2.43. The van der Waals surface area contributed by atoms with Crippen LogP contribution in [0, 0.1) is 24.7 Å². The van der Waals surface area contributed by atoms with Crippen LogP contribution in [0.25, 0.3) is 11.0 Å². The maximum atomic E-state index is 12.6. The van der Waals surface area contributed by atoms with Crippen molar-refractivity contribution in [2.75, 3.05) is 0 Å². The minimum Gasteiger partial charge on any atom is -0.459 e. The molecule has 2 unspecified atom stereocenters. The van der Waals surface area contributed by atoms with Gasteiger partial charge in [0.2, 0.25) is 5.91 Å². The molecule has 25 heavy (non-hydrogen) atoms. The minimum atomic E-state index is 0. The van der Waals surface area contributed by atoms with Crippen LogP contribution >= 0.6 is 12.4 Å². The summed E-state index contributed by atoms with van der Waals surface area (Å²) in [6.45, 7) is 2.52. The van der Waals surface area contributed by atoms with Gasteiger partial charge in [0.25, 0.3) is 0 Å². The lowest BCUT2D eigenvalue weighted by atomic mass is 9.65. The monoisotopic (exact) mass is 362 g/mol. The predicted molar refractivity (Wildman–Crippen MR) is 102 cm³/mol. The number of benzene rings is 1. The summed E-state index contributed by atoms with van der Waals surface area (Å²) in [7, 11) is 0. The number of carbonyl (C=O) groups is 1. The van der Waals surface area contributed by atoms with Gasteiger partial charge >= 0.3 is 0 Å². The first-order chi connectivity index (χ1) is 11.6. The summed E-state index contributed by atoms with van der Waals surface area (Å²) in [6, 6.07) is 8.32. The fourth-order valence-electron chi connectivity index (χ4n) is 4.71. The molecule has 4 nitrogen and oxygen atoms in total. The number of nitrogens with one attached hydrogen (secondary N) is 1. The van der Waals surface area contributed by atoms with Crippen molar-refractivity contribution < 1.29 is 9.21 Å². The zero-order valence-corrected chi connectivity index (χ0v) is 15.5. The highest BCUT2D eigenvalue weighted by Crippen LogP contribution is 2.41. The van der Waals surface area contributed by atoms with E-state index in [1.165, 1.54) is 19.3 Å².